The van der Waals surface area contributed by atoms with E-state index in [2.05, 4.69) is 32.4 Å². The molecular weight excluding hydrogens is 464 g/mol. The molecule has 2 aromatic rings. The predicted molar refractivity (Wildman–Crippen MR) is 140 cm³/mol. The van der Waals surface area contributed by atoms with E-state index >= 15 is 0 Å². The van der Waals surface area contributed by atoms with Crippen molar-refractivity contribution in [1.82, 2.24) is 15.5 Å². The molecule has 1 aliphatic rings. The van der Waals surface area contributed by atoms with Crippen molar-refractivity contribution >= 4 is 21.6 Å². The highest BCUT2D eigenvalue weighted by Crippen LogP contribution is 2.24. The molecular formula is C26H38N4O4S. The number of rotatable bonds is 9. The largest absolute Gasteiger partial charge is 0.457 e. The number of sulfonamides is 1. The number of nitrogens with zero attached hydrogens (tertiary/aromatic N) is 1. The monoisotopic (exact) mass is 502 g/mol. The number of nitrogens with one attached hydrogen (secondary N) is 3. The van der Waals surface area contributed by atoms with E-state index in [0.29, 0.717) is 17.5 Å². The number of anilines is 1. The summed E-state index contributed by atoms with van der Waals surface area (Å²) in [6, 6.07) is 15.0. The van der Waals surface area contributed by atoms with Gasteiger partial charge >= 0.3 is 0 Å². The van der Waals surface area contributed by atoms with E-state index in [9.17, 15) is 13.2 Å². The molecule has 8 nitrogen and oxygen atoms in total. The van der Waals surface area contributed by atoms with E-state index in [1.807, 2.05) is 39.8 Å². The summed E-state index contributed by atoms with van der Waals surface area (Å²) in [5.74, 6) is 1.41. The highest BCUT2D eigenvalue weighted by atomic mass is 32.2. The van der Waals surface area contributed by atoms with Gasteiger partial charge in [0.05, 0.1) is 12.3 Å². The normalized spacial score (nSPS) is 16.5. The van der Waals surface area contributed by atoms with E-state index in [-0.39, 0.29) is 17.5 Å². The first-order chi connectivity index (χ1) is 16.4. The number of piperidine rings is 1. The van der Waals surface area contributed by atoms with Gasteiger partial charge in [0, 0.05) is 23.8 Å². The third-order valence-electron chi connectivity index (χ3n) is 5.69. The van der Waals surface area contributed by atoms with Crippen LogP contribution in [0.25, 0.3) is 0 Å². The minimum atomic E-state index is -3.30. The maximum atomic E-state index is 12.3. The fourth-order valence-electron chi connectivity index (χ4n) is 4.03. The summed E-state index contributed by atoms with van der Waals surface area (Å²) in [4.78, 5) is 14.8. The van der Waals surface area contributed by atoms with E-state index in [1.165, 1.54) is 5.56 Å². The third kappa shape index (κ3) is 9.51. The van der Waals surface area contributed by atoms with Crippen molar-refractivity contribution in [2.75, 3.05) is 24.1 Å². The second-order valence-electron chi connectivity index (χ2n) is 10.3. The zero-order chi connectivity index (χ0) is 25.6. The van der Waals surface area contributed by atoms with Crippen LogP contribution >= 0.6 is 0 Å². The van der Waals surface area contributed by atoms with Gasteiger partial charge in [0.2, 0.25) is 15.9 Å². The summed E-state index contributed by atoms with van der Waals surface area (Å²) in [7, 11) is -3.30. The fourth-order valence-corrected chi connectivity index (χ4v) is 4.59. The van der Waals surface area contributed by atoms with Crippen LogP contribution in [0.15, 0.2) is 48.5 Å². The van der Waals surface area contributed by atoms with Crippen molar-refractivity contribution in [3.63, 3.8) is 0 Å². The predicted octanol–water partition coefficient (Wildman–Crippen LogP) is 3.71. The van der Waals surface area contributed by atoms with Gasteiger partial charge in [-0.25, -0.2) is 8.42 Å². The van der Waals surface area contributed by atoms with Crippen LogP contribution in [0.5, 0.6) is 11.5 Å². The zero-order valence-corrected chi connectivity index (χ0v) is 22.1. The topological polar surface area (TPSA) is 99.8 Å². The van der Waals surface area contributed by atoms with Gasteiger partial charge in [-0.05, 0) is 95.6 Å². The number of carbonyl (C=O) groups excluding carboxylic acids is 1. The van der Waals surface area contributed by atoms with Gasteiger partial charge in [0.15, 0.2) is 0 Å². The number of ether oxygens (including phenoxy) is 1. The van der Waals surface area contributed by atoms with Crippen molar-refractivity contribution in [3.05, 3.63) is 54.1 Å². The minimum Gasteiger partial charge on any atom is -0.457 e. The first-order valence-electron chi connectivity index (χ1n) is 12.0. The molecule has 3 N–H and O–H groups in total. The van der Waals surface area contributed by atoms with E-state index in [4.69, 9.17) is 4.74 Å². The van der Waals surface area contributed by atoms with Crippen molar-refractivity contribution < 1.29 is 17.9 Å². The molecule has 0 saturated carbocycles. The molecule has 1 fully saturated rings. The Kier molecular flexibility index (Phi) is 8.79. The molecule has 1 atom stereocenters. The molecule has 192 valence electrons. The van der Waals surface area contributed by atoms with Crippen LogP contribution in [-0.4, -0.2) is 56.2 Å². The molecule has 0 spiro atoms. The van der Waals surface area contributed by atoms with E-state index < -0.39 is 10.0 Å². The average molecular weight is 503 g/mol. The second-order valence-corrected chi connectivity index (χ2v) is 12.1. The molecule has 0 aromatic heterocycles. The summed E-state index contributed by atoms with van der Waals surface area (Å²) in [6.45, 7) is 10.7. The molecule has 0 bridgehead atoms. The van der Waals surface area contributed by atoms with Crippen molar-refractivity contribution in [1.29, 1.82) is 0 Å². The lowest BCUT2D eigenvalue weighted by atomic mass is 10.0. The number of hydrogen-bond donors (Lipinski definition) is 3. The molecule has 1 unspecified atom stereocenters. The van der Waals surface area contributed by atoms with Crippen LogP contribution in [0.1, 0.15) is 46.1 Å². The Morgan fingerprint density at radius 3 is 2.09 bits per heavy atom. The first kappa shape index (κ1) is 27.0. The minimum absolute atomic E-state index is 0.0451. The summed E-state index contributed by atoms with van der Waals surface area (Å²) < 4.78 is 30.9. The quantitative estimate of drug-likeness (QED) is 0.484. The summed E-state index contributed by atoms with van der Waals surface area (Å²) in [6.07, 6.45) is 3.14. The maximum absolute atomic E-state index is 12.3. The number of hydrogen-bond acceptors (Lipinski definition) is 6. The molecule has 1 aliphatic heterocycles. The molecule has 1 saturated heterocycles. The molecule has 3 rings (SSSR count). The second kappa shape index (κ2) is 11.4. The van der Waals surface area contributed by atoms with Gasteiger partial charge in [0.1, 0.15) is 11.5 Å². The smallest absolute Gasteiger partial charge is 0.237 e. The van der Waals surface area contributed by atoms with E-state index in [0.717, 1.165) is 44.5 Å². The van der Waals surface area contributed by atoms with E-state index in [1.54, 1.807) is 24.3 Å². The van der Waals surface area contributed by atoms with Crippen LogP contribution in [0.2, 0.25) is 0 Å². The van der Waals surface area contributed by atoms with Crippen LogP contribution in [0, 0.1) is 0 Å². The highest BCUT2D eigenvalue weighted by molar-refractivity contribution is 7.92. The summed E-state index contributed by atoms with van der Waals surface area (Å²) >= 11 is 0. The number of likely N-dealkylation sites (tertiary alicyclic amines) is 1. The van der Waals surface area contributed by atoms with Gasteiger partial charge in [-0.15, -0.1) is 0 Å². The van der Waals surface area contributed by atoms with Gasteiger partial charge in [-0.1, -0.05) is 12.1 Å². The molecule has 0 radical (unpaired) electrons. The number of carbonyl (C=O) groups is 1. The third-order valence-corrected chi connectivity index (χ3v) is 6.29. The van der Waals surface area contributed by atoms with Crippen LogP contribution < -0.4 is 20.1 Å². The lowest BCUT2D eigenvalue weighted by Crippen LogP contribution is -2.53. The van der Waals surface area contributed by atoms with Gasteiger partial charge in [-0.3, -0.25) is 14.4 Å². The van der Waals surface area contributed by atoms with Crippen LogP contribution in [0.3, 0.4) is 0 Å². The van der Waals surface area contributed by atoms with Crippen molar-refractivity contribution in [2.45, 2.75) is 64.7 Å². The number of benzene rings is 2. The van der Waals surface area contributed by atoms with Crippen molar-refractivity contribution in [2.24, 2.45) is 0 Å². The molecule has 0 aliphatic carbocycles. The Balaban J connectivity index is 1.43. The molecule has 2 aromatic carbocycles. The lowest BCUT2D eigenvalue weighted by Gasteiger charge is -2.34. The summed E-state index contributed by atoms with van der Waals surface area (Å²) in [5.41, 5.74) is 1.49. The SMILES string of the molecule is CC(NC1CCN(Cc2ccc(Oc3ccc(NS(C)(=O)=O)cc3)cc2)CC1)C(=O)NC(C)(C)C. The van der Waals surface area contributed by atoms with Gasteiger partial charge in [-0.2, -0.15) is 0 Å². The fraction of sp³-hybridized carbons (Fsp3) is 0.500. The Bertz CT molecular complexity index is 1070. The molecule has 35 heavy (non-hydrogen) atoms. The van der Waals surface area contributed by atoms with Gasteiger partial charge in [0.25, 0.3) is 0 Å². The first-order valence-corrected chi connectivity index (χ1v) is 13.9. The molecule has 1 amide bonds. The highest BCUT2D eigenvalue weighted by Gasteiger charge is 2.24. The maximum Gasteiger partial charge on any atom is 0.237 e. The average Bonchev–Trinajstić information content (AvgIpc) is 2.75. The summed E-state index contributed by atoms with van der Waals surface area (Å²) in [5, 5.41) is 6.51. The molecule has 1 heterocycles. The Hall–Kier alpha value is -2.62. The zero-order valence-electron chi connectivity index (χ0n) is 21.3. The lowest BCUT2D eigenvalue weighted by molar-refractivity contribution is -0.124. The number of amides is 1. The Labute approximate surface area is 209 Å². The van der Waals surface area contributed by atoms with Crippen LogP contribution in [0.4, 0.5) is 5.69 Å². The Morgan fingerprint density at radius 2 is 1.57 bits per heavy atom. The standard InChI is InChI=1S/C26H38N4O4S/c1-19(25(31)28-26(2,3)4)27-21-14-16-30(17-15-21)18-20-6-10-23(11-7-20)34-24-12-8-22(9-13-24)29-35(5,32)33/h6-13,19,21,27,29H,14-18H2,1-5H3,(H,28,31). The van der Waals surface area contributed by atoms with Gasteiger partial charge < -0.3 is 15.4 Å². The van der Waals surface area contributed by atoms with Crippen LogP contribution in [-0.2, 0) is 21.4 Å². The Morgan fingerprint density at radius 1 is 1.03 bits per heavy atom. The van der Waals surface area contributed by atoms with Crippen molar-refractivity contribution in [3.8, 4) is 11.5 Å². The molecule has 9 heteroatoms.